The van der Waals surface area contributed by atoms with Gasteiger partial charge in [-0.2, -0.15) is 13.2 Å². The molecule has 1 unspecified atom stereocenters. The van der Waals surface area contributed by atoms with Crippen LogP contribution in [-0.2, 0) is 12.6 Å². The summed E-state index contributed by atoms with van der Waals surface area (Å²) >= 11 is 0. The molecular formula is C12H15F3N2. The first-order chi connectivity index (χ1) is 7.98. The van der Waals surface area contributed by atoms with Crippen LogP contribution in [0.2, 0.25) is 0 Å². The number of nitrogens with two attached hydrogens (primary N) is 1. The zero-order chi connectivity index (χ0) is 12.5. The molecule has 0 saturated carbocycles. The first-order valence-corrected chi connectivity index (χ1v) is 5.66. The Bertz CT molecular complexity index is 395. The molecule has 2 rings (SSSR count). The van der Waals surface area contributed by atoms with E-state index in [-0.39, 0.29) is 11.7 Å². The highest BCUT2D eigenvalue weighted by molar-refractivity contribution is 5.55. The summed E-state index contributed by atoms with van der Waals surface area (Å²) in [5.74, 6) is 0. The number of nitrogens with one attached hydrogen (secondary N) is 1. The summed E-state index contributed by atoms with van der Waals surface area (Å²) in [5.41, 5.74) is 5.32. The van der Waals surface area contributed by atoms with E-state index in [1.165, 1.54) is 6.07 Å². The standard InChI is InChI=1S/C12H15F3N2/c13-12(14,15)10-5-1-3-8(11(10)16)7-9-4-2-6-17-9/h1,3,5,9,17H,2,4,6-7,16H2. The van der Waals surface area contributed by atoms with Crippen molar-refractivity contribution in [2.45, 2.75) is 31.5 Å². The van der Waals surface area contributed by atoms with Crippen LogP contribution in [0.3, 0.4) is 0 Å². The number of alkyl halides is 3. The normalized spacial score (nSPS) is 20.8. The van der Waals surface area contributed by atoms with Crippen molar-refractivity contribution in [2.75, 3.05) is 12.3 Å². The summed E-state index contributed by atoms with van der Waals surface area (Å²) < 4.78 is 37.9. The molecule has 17 heavy (non-hydrogen) atoms. The molecule has 1 aromatic carbocycles. The fraction of sp³-hybridized carbons (Fsp3) is 0.500. The van der Waals surface area contributed by atoms with Crippen molar-refractivity contribution in [3.05, 3.63) is 29.3 Å². The van der Waals surface area contributed by atoms with E-state index in [4.69, 9.17) is 5.73 Å². The summed E-state index contributed by atoms with van der Waals surface area (Å²) in [5, 5.41) is 3.25. The van der Waals surface area contributed by atoms with Crippen molar-refractivity contribution < 1.29 is 13.2 Å². The highest BCUT2D eigenvalue weighted by atomic mass is 19.4. The van der Waals surface area contributed by atoms with Crippen molar-refractivity contribution >= 4 is 5.69 Å². The second-order valence-corrected chi connectivity index (χ2v) is 4.37. The summed E-state index contributed by atoms with van der Waals surface area (Å²) in [6, 6.07) is 4.37. The number of hydrogen-bond donors (Lipinski definition) is 2. The Morgan fingerprint density at radius 3 is 2.71 bits per heavy atom. The van der Waals surface area contributed by atoms with Gasteiger partial charge < -0.3 is 11.1 Å². The minimum atomic E-state index is -4.37. The van der Waals surface area contributed by atoms with Crippen molar-refractivity contribution in [2.24, 2.45) is 0 Å². The molecule has 3 N–H and O–H groups in total. The quantitative estimate of drug-likeness (QED) is 0.785. The number of rotatable bonds is 2. The maximum atomic E-state index is 12.6. The van der Waals surface area contributed by atoms with Crippen molar-refractivity contribution in [3.8, 4) is 0 Å². The van der Waals surface area contributed by atoms with E-state index in [1.807, 2.05) is 0 Å². The fourth-order valence-electron chi connectivity index (χ4n) is 2.23. The number of para-hydroxylation sites is 1. The van der Waals surface area contributed by atoms with Crippen LogP contribution in [0.1, 0.15) is 24.0 Å². The average Bonchev–Trinajstić information content (AvgIpc) is 2.72. The summed E-state index contributed by atoms with van der Waals surface area (Å²) in [4.78, 5) is 0. The fourth-order valence-corrected chi connectivity index (χ4v) is 2.23. The van der Waals surface area contributed by atoms with Crippen LogP contribution in [0.25, 0.3) is 0 Å². The van der Waals surface area contributed by atoms with Crippen LogP contribution in [0.15, 0.2) is 18.2 Å². The molecule has 0 spiro atoms. The number of anilines is 1. The van der Waals surface area contributed by atoms with Gasteiger partial charge in [0.15, 0.2) is 0 Å². The lowest BCUT2D eigenvalue weighted by atomic mass is 10.00. The molecule has 1 atom stereocenters. The van der Waals surface area contributed by atoms with E-state index < -0.39 is 11.7 Å². The minimum absolute atomic E-state index is 0.131. The van der Waals surface area contributed by atoms with Crippen LogP contribution >= 0.6 is 0 Å². The Morgan fingerprint density at radius 1 is 1.35 bits per heavy atom. The molecule has 1 aromatic rings. The van der Waals surface area contributed by atoms with E-state index in [9.17, 15) is 13.2 Å². The molecule has 0 bridgehead atoms. The average molecular weight is 244 g/mol. The van der Waals surface area contributed by atoms with Gasteiger partial charge in [0.2, 0.25) is 0 Å². The molecule has 1 aliphatic heterocycles. The number of nitrogen functional groups attached to an aromatic ring is 1. The first-order valence-electron chi connectivity index (χ1n) is 5.66. The highest BCUT2D eigenvalue weighted by Gasteiger charge is 2.33. The Kier molecular flexibility index (Phi) is 3.28. The molecule has 1 saturated heterocycles. The van der Waals surface area contributed by atoms with Gasteiger partial charge >= 0.3 is 6.18 Å². The lowest BCUT2D eigenvalue weighted by Crippen LogP contribution is -2.24. The van der Waals surface area contributed by atoms with Crippen LogP contribution in [0.5, 0.6) is 0 Å². The Balaban J connectivity index is 2.22. The Hall–Kier alpha value is -1.23. The molecule has 1 fully saturated rings. The van der Waals surface area contributed by atoms with Crippen molar-refractivity contribution in [1.82, 2.24) is 5.32 Å². The van der Waals surface area contributed by atoms with Crippen molar-refractivity contribution in [3.63, 3.8) is 0 Å². The Labute approximate surface area is 98.0 Å². The van der Waals surface area contributed by atoms with E-state index in [1.54, 1.807) is 6.07 Å². The van der Waals surface area contributed by atoms with Gasteiger partial charge in [0.1, 0.15) is 0 Å². The number of hydrogen-bond acceptors (Lipinski definition) is 2. The lowest BCUT2D eigenvalue weighted by molar-refractivity contribution is -0.136. The molecule has 2 nitrogen and oxygen atoms in total. The highest BCUT2D eigenvalue weighted by Crippen LogP contribution is 2.35. The Morgan fingerprint density at radius 2 is 2.12 bits per heavy atom. The van der Waals surface area contributed by atoms with E-state index >= 15 is 0 Å². The lowest BCUT2D eigenvalue weighted by Gasteiger charge is -2.16. The van der Waals surface area contributed by atoms with Gasteiger partial charge in [-0.3, -0.25) is 0 Å². The molecule has 0 aromatic heterocycles. The maximum Gasteiger partial charge on any atom is 0.418 e. The SMILES string of the molecule is Nc1c(CC2CCCN2)cccc1C(F)(F)F. The molecule has 5 heteroatoms. The third-order valence-corrected chi connectivity index (χ3v) is 3.13. The minimum Gasteiger partial charge on any atom is -0.398 e. The first kappa shape index (κ1) is 12.2. The second kappa shape index (κ2) is 4.56. The largest absolute Gasteiger partial charge is 0.418 e. The second-order valence-electron chi connectivity index (χ2n) is 4.37. The molecule has 0 amide bonds. The van der Waals surface area contributed by atoms with Gasteiger partial charge in [0.25, 0.3) is 0 Å². The zero-order valence-corrected chi connectivity index (χ0v) is 9.35. The summed E-state index contributed by atoms with van der Waals surface area (Å²) in [7, 11) is 0. The molecule has 0 aliphatic carbocycles. The van der Waals surface area contributed by atoms with Gasteiger partial charge in [-0.15, -0.1) is 0 Å². The van der Waals surface area contributed by atoms with Crippen LogP contribution in [-0.4, -0.2) is 12.6 Å². The van der Waals surface area contributed by atoms with Gasteiger partial charge in [-0.25, -0.2) is 0 Å². The predicted molar refractivity (Wildman–Crippen MR) is 60.6 cm³/mol. The number of benzene rings is 1. The summed E-state index contributed by atoms with van der Waals surface area (Å²) in [6.07, 6.45) is -1.74. The van der Waals surface area contributed by atoms with Gasteiger partial charge in [-0.05, 0) is 37.4 Å². The summed E-state index contributed by atoms with van der Waals surface area (Å²) in [6.45, 7) is 0.934. The van der Waals surface area contributed by atoms with Crippen LogP contribution in [0, 0.1) is 0 Å². The molecule has 94 valence electrons. The molecular weight excluding hydrogens is 229 g/mol. The third kappa shape index (κ3) is 2.72. The van der Waals surface area contributed by atoms with Crippen LogP contribution in [0.4, 0.5) is 18.9 Å². The van der Waals surface area contributed by atoms with Crippen molar-refractivity contribution in [1.29, 1.82) is 0 Å². The third-order valence-electron chi connectivity index (χ3n) is 3.13. The van der Waals surface area contributed by atoms with Gasteiger partial charge in [0, 0.05) is 11.7 Å². The monoisotopic (exact) mass is 244 g/mol. The zero-order valence-electron chi connectivity index (χ0n) is 9.35. The number of halogens is 3. The van der Waals surface area contributed by atoms with Gasteiger partial charge in [-0.1, -0.05) is 12.1 Å². The van der Waals surface area contributed by atoms with E-state index in [0.717, 1.165) is 25.5 Å². The maximum absolute atomic E-state index is 12.6. The molecule has 0 radical (unpaired) electrons. The smallest absolute Gasteiger partial charge is 0.398 e. The van der Waals surface area contributed by atoms with E-state index in [0.29, 0.717) is 12.0 Å². The van der Waals surface area contributed by atoms with Crippen LogP contribution < -0.4 is 11.1 Å². The van der Waals surface area contributed by atoms with E-state index in [2.05, 4.69) is 5.32 Å². The van der Waals surface area contributed by atoms with Gasteiger partial charge in [0.05, 0.1) is 5.56 Å². The topological polar surface area (TPSA) is 38.0 Å². The predicted octanol–water partition coefficient (Wildman–Crippen LogP) is 2.58. The molecule has 1 heterocycles. The molecule has 1 aliphatic rings.